The van der Waals surface area contributed by atoms with Gasteiger partial charge in [-0.1, -0.05) is 0 Å². The molecule has 2 rings (SSSR count). The van der Waals surface area contributed by atoms with E-state index in [0.717, 1.165) is 18.0 Å². The van der Waals surface area contributed by atoms with Gasteiger partial charge in [0.2, 0.25) is 0 Å². The van der Waals surface area contributed by atoms with Crippen molar-refractivity contribution in [3.05, 3.63) is 48.3 Å². The lowest BCUT2D eigenvalue weighted by molar-refractivity contribution is 0.242. The molecular weight excluding hydrogens is 224 g/mol. The molecule has 18 heavy (non-hydrogen) atoms. The van der Waals surface area contributed by atoms with Crippen LogP contribution in [0, 0.1) is 0 Å². The van der Waals surface area contributed by atoms with E-state index in [9.17, 15) is 0 Å². The second-order valence-corrected chi connectivity index (χ2v) is 4.73. The molecule has 0 bridgehead atoms. The molecule has 0 saturated carbocycles. The van der Waals surface area contributed by atoms with E-state index in [1.54, 1.807) is 0 Å². The van der Waals surface area contributed by atoms with Crippen LogP contribution in [0.5, 0.6) is 5.75 Å². The molecule has 1 aromatic heterocycles. The monoisotopic (exact) mass is 244 g/mol. The molecule has 0 unspecified atom stereocenters. The summed E-state index contributed by atoms with van der Waals surface area (Å²) in [6.07, 6.45) is 4.38. The largest absolute Gasteiger partial charge is 0.491 e. The molecule has 96 valence electrons. The standard InChI is InChI=1S/C15H20N2O/c1-12(2)18-15-6-4-14(5-7-15)16-10-13-8-9-17(3)11-13/h4-9,11-12,16H,10H2,1-3H3. The topological polar surface area (TPSA) is 26.2 Å². The molecule has 3 heteroatoms. The Kier molecular flexibility index (Phi) is 3.92. The molecule has 0 fully saturated rings. The van der Waals surface area contributed by atoms with Crippen LogP contribution in [-0.4, -0.2) is 10.7 Å². The quantitative estimate of drug-likeness (QED) is 0.872. The zero-order chi connectivity index (χ0) is 13.0. The fraction of sp³-hybridized carbons (Fsp3) is 0.333. The van der Waals surface area contributed by atoms with Gasteiger partial charge in [-0.15, -0.1) is 0 Å². The van der Waals surface area contributed by atoms with Crippen molar-refractivity contribution in [1.29, 1.82) is 0 Å². The van der Waals surface area contributed by atoms with Gasteiger partial charge in [0.1, 0.15) is 5.75 Å². The number of aryl methyl sites for hydroxylation is 1. The third-order valence-corrected chi connectivity index (χ3v) is 2.62. The first kappa shape index (κ1) is 12.6. The maximum Gasteiger partial charge on any atom is 0.119 e. The highest BCUT2D eigenvalue weighted by molar-refractivity contribution is 5.46. The lowest BCUT2D eigenvalue weighted by Gasteiger charge is -2.10. The molecule has 2 aromatic rings. The van der Waals surface area contributed by atoms with Crippen LogP contribution < -0.4 is 10.1 Å². The summed E-state index contributed by atoms with van der Waals surface area (Å²) in [6, 6.07) is 10.2. The van der Waals surface area contributed by atoms with Crippen LogP contribution >= 0.6 is 0 Å². The van der Waals surface area contributed by atoms with Crippen LogP contribution in [0.3, 0.4) is 0 Å². The third-order valence-electron chi connectivity index (χ3n) is 2.62. The summed E-state index contributed by atoms with van der Waals surface area (Å²) in [6.45, 7) is 4.90. The molecule has 0 saturated heterocycles. The van der Waals surface area contributed by atoms with Gasteiger partial charge in [-0.25, -0.2) is 0 Å². The van der Waals surface area contributed by atoms with Crippen LogP contribution in [0.25, 0.3) is 0 Å². The molecule has 0 spiro atoms. The fourth-order valence-electron chi connectivity index (χ4n) is 1.79. The van der Waals surface area contributed by atoms with Crippen molar-refractivity contribution < 1.29 is 4.74 Å². The Balaban J connectivity index is 1.90. The predicted molar refractivity (Wildman–Crippen MR) is 74.9 cm³/mol. The summed E-state index contributed by atoms with van der Waals surface area (Å²) in [4.78, 5) is 0. The molecule has 1 N–H and O–H groups in total. The van der Waals surface area contributed by atoms with E-state index < -0.39 is 0 Å². The Morgan fingerprint density at radius 1 is 1.17 bits per heavy atom. The maximum absolute atomic E-state index is 5.60. The summed E-state index contributed by atoms with van der Waals surface area (Å²) in [5, 5.41) is 3.39. The highest BCUT2D eigenvalue weighted by Gasteiger charge is 1.98. The highest BCUT2D eigenvalue weighted by atomic mass is 16.5. The normalized spacial score (nSPS) is 10.7. The average molecular weight is 244 g/mol. The fourth-order valence-corrected chi connectivity index (χ4v) is 1.79. The number of aromatic nitrogens is 1. The summed E-state index contributed by atoms with van der Waals surface area (Å²) in [7, 11) is 2.03. The third kappa shape index (κ3) is 3.55. The van der Waals surface area contributed by atoms with Gasteiger partial charge in [0.15, 0.2) is 0 Å². The van der Waals surface area contributed by atoms with E-state index in [0.29, 0.717) is 0 Å². The molecule has 1 aromatic carbocycles. The van der Waals surface area contributed by atoms with Gasteiger partial charge in [0.05, 0.1) is 6.10 Å². The van der Waals surface area contributed by atoms with E-state index in [1.165, 1.54) is 5.56 Å². The molecule has 0 atom stereocenters. The van der Waals surface area contributed by atoms with Crippen molar-refractivity contribution in [3.8, 4) is 5.75 Å². The first-order chi connectivity index (χ1) is 8.63. The lowest BCUT2D eigenvalue weighted by Crippen LogP contribution is -2.05. The number of ether oxygens (including phenoxy) is 1. The van der Waals surface area contributed by atoms with Crippen LogP contribution in [0.4, 0.5) is 5.69 Å². The summed E-state index contributed by atoms with van der Waals surface area (Å²) in [5.74, 6) is 0.912. The van der Waals surface area contributed by atoms with E-state index in [2.05, 4.69) is 28.3 Å². The SMILES string of the molecule is CC(C)Oc1ccc(NCc2ccn(C)c2)cc1. The van der Waals surface area contributed by atoms with Crippen molar-refractivity contribution in [2.45, 2.75) is 26.5 Å². The van der Waals surface area contributed by atoms with Crippen LogP contribution in [-0.2, 0) is 13.6 Å². The number of anilines is 1. The van der Waals surface area contributed by atoms with E-state index in [-0.39, 0.29) is 6.10 Å². The number of rotatable bonds is 5. The summed E-state index contributed by atoms with van der Waals surface area (Å²) >= 11 is 0. The maximum atomic E-state index is 5.60. The Hall–Kier alpha value is -1.90. The minimum absolute atomic E-state index is 0.216. The predicted octanol–water partition coefficient (Wildman–Crippen LogP) is 3.42. The van der Waals surface area contributed by atoms with Gasteiger partial charge in [0.25, 0.3) is 0 Å². The van der Waals surface area contributed by atoms with Gasteiger partial charge in [-0.3, -0.25) is 0 Å². The van der Waals surface area contributed by atoms with Gasteiger partial charge in [-0.05, 0) is 49.7 Å². The molecule has 0 aliphatic carbocycles. The highest BCUT2D eigenvalue weighted by Crippen LogP contribution is 2.17. The summed E-state index contributed by atoms with van der Waals surface area (Å²) < 4.78 is 7.66. The molecule has 0 amide bonds. The average Bonchev–Trinajstić information content (AvgIpc) is 2.74. The van der Waals surface area contributed by atoms with Gasteiger partial charge < -0.3 is 14.6 Å². The molecular formula is C15H20N2O. The van der Waals surface area contributed by atoms with Gasteiger partial charge in [0, 0.05) is 31.7 Å². The number of nitrogens with one attached hydrogen (secondary N) is 1. The molecule has 3 nitrogen and oxygen atoms in total. The number of hydrogen-bond donors (Lipinski definition) is 1. The number of hydrogen-bond acceptors (Lipinski definition) is 2. The van der Waals surface area contributed by atoms with Crippen molar-refractivity contribution in [2.75, 3.05) is 5.32 Å². The van der Waals surface area contributed by atoms with Gasteiger partial charge in [-0.2, -0.15) is 0 Å². The minimum atomic E-state index is 0.216. The van der Waals surface area contributed by atoms with Crippen molar-refractivity contribution >= 4 is 5.69 Å². The van der Waals surface area contributed by atoms with E-state index in [4.69, 9.17) is 4.74 Å². The second kappa shape index (κ2) is 5.63. The van der Waals surface area contributed by atoms with E-state index >= 15 is 0 Å². The Morgan fingerprint density at radius 2 is 1.89 bits per heavy atom. The zero-order valence-electron chi connectivity index (χ0n) is 11.2. The lowest BCUT2D eigenvalue weighted by atomic mass is 10.2. The zero-order valence-corrected chi connectivity index (χ0v) is 11.2. The van der Waals surface area contributed by atoms with Crippen molar-refractivity contribution in [2.24, 2.45) is 7.05 Å². The number of benzene rings is 1. The van der Waals surface area contributed by atoms with Crippen LogP contribution in [0.2, 0.25) is 0 Å². The van der Waals surface area contributed by atoms with Crippen LogP contribution in [0.15, 0.2) is 42.7 Å². The van der Waals surface area contributed by atoms with Crippen molar-refractivity contribution in [3.63, 3.8) is 0 Å². The number of nitrogens with zero attached hydrogens (tertiary/aromatic N) is 1. The molecule has 0 aliphatic rings. The Labute approximate surface area is 108 Å². The smallest absolute Gasteiger partial charge is 0.119 e. The van der Waals surface area contributed by atoms with Crippen molar-refractivity contribution in [1.82, 2.24) is 4.57 Å². The molecule has 0 radical (unpaired) electrons. The van der Waals surface area contributed by atoms with Gasteiger partial charge >= 0.3 is 0 Å². The first-order valence-corrected chi connectivity index (χ1v) is 6.25. The summed E-state index contributed by atoms with van der Waals surface area (Å²) in [5.41, 5.74) is 2.38. The van der Waals surface area contributed by atoms with Crippen LogP contribution in [0.1, 0.15) is 19.4 Å². The second-order valence-electron chi connectivity index (χ2n) is 4.73. The van der Waals surface area contributed by atoms with E-state index in [1.807, 2.05) is 45.2 Å². The molecule has 1 heterocycles. The minimum Gasteiger partial charge on any atom is -0.491 e. The molecule has 0 aliphatic heterocycles. The Bertz CT molecular complexity index is 485. The Morgan fingerprint density at radius 3 is 2.44 bits per heavy atom. The first-order valence-electron chi connectivity index (χ1n) is 6.25.